The molecule has 3 nitrogen and oxygen atoms in total. The molecule has 0 aliphatic carbocycles. The van der Waals surface area contributed by atoms with Gasteiger partial charge in [0, 0.05) is 29.3 Å². The fourth-order valence-electron chi connectivity index (χ4n) is 2.55. The van der Waals surface area contributed by atoms with Gasteiger partial charge >= 0.3 is 0 Å². The van der Waals surface area contributed by atoms with Crippen LogP contribution in [0.2, 0.25) is 0 Å². The number of rotatable bonds is 7. The Morgan fingerprint density at radius 3 is 2.84 bits per heavy atom. The van der Waals surface area contributed by atoms with Gasteiger partial charge in [0.15, 0.2) is 0 Å². The molecular weight excluding hydrogens is 368 g/mol. The molecular formula is C19H20N2OS3. The molecule has 2 heterocycles. The van der Waals surface area contributed by atoms with Gasteiger partial charge in [0.2, 0.25) is 5.91 Å². The second-order valence-electron chi connectivity index (χ2n) is 5.75. The van der Waals surface area contributed by atoms with Gasteiger partial charge in [0.25, 0.3) is 0 Å². The molecule has 2 aromatic rings. The molecule has 0 radical (unpaired) electrons. The molecule has 0 saturated carbocycles. The molecule has 1 amide bonds. The van der Waals surface area contributed by atoms with Crippen molar-refractivity contribution in [3.8, 4) is 0 Å². The van der Waals surface area contributed by atoms with Crippen molar-refractivity contribution in [3.63, 3.8) is 0 Å². The summed E-state index contributed by atoms with van der Waals surface area (Å²) in [6.07, 6.45) is 3.52. The highest BCUT2D eigenvalue weighted by molar-refractivity contribution is 8.25. The normalized spacial score (nSPS) is 15.8. The Kier molecular flexibility index (Phi) is 6.67. The Labute approximate surface area is 162 Å². The van der Waals surface area contributed by atoms with Crippen LogP contribution in [0.25, 0.3) is 6.08 Å². The number of carbonyl (C=O) groups excluding carboxylic acids is 1. The zero-order valence-corrected chi connectivity index (χ0v) is 16.3. The molecule has 1 aromatic heterocycles. The van der Waals surface area contributed by atoms with E-state index in [1.54, 1.807) is 23.1 Å². The van der Waals surface area contributed by atoms with Crippen LogP contribution in [0.3, 0.4) is 0 Å². The van der Waals surface area contributed by atoms with E-state index in [1.165, 1.54) is 15.3 Å². The van der Waals surface area contributed by atoms with Crippen molar-refractivity contribution in [2.75, 3.05) is 19.6 Å². The summed E-state index contributed by atoms with van der Waals surface area (Å²) in [5.74, 6) is 0.0828. The van der Waals surface area contributed by atoms with E-state index in [1.807, 2.05) is 24.3 Å². The lowest BCUT2D eigenvalue weighted by molar-refractivity contribution is -0.121. The minimum Gasteiger partial charge on any atom is -0.356 e. The van der Waals surface area contributed by atoms with Crippen LogP contribution in [-0.4, -0.2) is 34.8 Å². The van der Waals surface area contributed by atoms with Gasteiger partial charge in [0.1, 0.15) is 4.32 Å². The van der Waals surface area contributed by atoms with E-state index < -0.39 is 0 Å². The lowest BCUT2D eigenvalue weighted by Crippen LogP contribution is -2.31. The Balaban J connectivity index is 1.39. The van der Waals surface area contributed by atoms with Crippen molar-refractivity contribution < 1.29 is 4.79 Å². The summed E-state index contributed by atoms with van der Waals surface area (Å²) in [5.41, 5.74) is 1.24. The van der Waals surface area contributed by atoms with E-state index in [-0.39, 0.29) is 5.91 Å². The van der Waals surface area contributed by atoms with Crippen molar-refractivity contribution in [1.82, 2.24) is 10.2 Å². The number of thioether (sulfide) groups is 1. The number of nitrogens with one attached hydrogen (secondary N) is 1. The molecule has 0 bridgehead atoms. The lowest BCUT2D eigenvalue weighted by Gasteiger charge is -2.15. The second-order valence-corrected chi connectivity index (χ2v) is 8.49. The third-order valence-corrected chi connectivity index (χ3v) is 6.13. The van der Waals surface area contributed by atoms with E-state index in [9.17, 15) is 4.79 Å². The number of hydrogen-bond donors (Lipinski definition) is 1. The van der Waals surface area contributed by atoms with E-state index in [2.05, 4.69) is 39.9 Å². The molecule has 0 unspecified atom stereocenters. The van der Waals surface area contributed by atoms with Gasteiger partial charge in [-0.15, -0.1) is 11.3 Å². The van der Waals surface area contributed by atoms with Crippen LogP contribution in [0, 0.1) is 0 Å². The average Bonchev–Trinajstić information content (AvgIpc) is 3.24. The van der Waals surface area contributed by atoms with Crippen molar-refractivity contribution in [3.05, 3.63) is 63.2 Å². The van der Waals surface area contributed by atoms with E-state index in [0.29, 0.717) is 19.5 Å². The highest BCUT2D eigenvalue weighted by Gasteiger charge is 2.22. The van der Waals surface area contributed by atoms with Gasteiger partial charge in [-0.2, -0.15) is 0 Å². The molecule has 0 atom stereocenters. The summed E-state index contributed by atoms with van der Waals surface area (Å²) >= 11 is 8.79. The zero-order chi connectivity index (χ0) is 17.5. The van der Waals surface area contributed by atoms with Gasteiger partial charge in [-0.05, 0) is 29.5 Å². The fourth-order valence-corrected chi connectivity index (χ4v) is 4.70. The Morgan fingerprint density at radius 1 is 1.24 bits per heavy atom. The maximum absolute atomic E-state index is 12.0. The minimum absolute atomic E-state index is 0.0828. The monoisotopic (exact) mass is 388 g/mol. The molecule has 1 N–H and O–H groups in total. The van der Waals surface area contributed by atoms with Crippen molar-refractivity contribution in [2.45, 2.75) is 12.8 Å². The largest absolute Gasteiger partial charge is 0.356 e. The molecule has 1 fully saturated rings. The van der Waals surface area contributed by atoms with Crippen molar-refractivity contribution >= 4 is 51.6 Å². The molecule has 6 heteroatoms. The number of thiophene rings is 1. The number of thiocarbonyl (C=S) groups is 1. The summed E-state index contributed by atoms with van der Waals surface area (Å²) in [4.78, 5) is 16.6. The third kappa shape index (κ3) is 5.70. The van der Waals surface area contributed by atoms with Crippen LogP contribution in [0.15, 0.2) is 52.7 Å². The Hall–Kier alpha value is -1.63. The van der Waals surface area contributed by atoms with E-state index >= 15 is 0 Å². The molecule has 1 aromatic carbocycles. The van der Waals surface area contributed by atoms with E-state index in [0.717, 1.165) is 17.3 Å². The third-order valence-electron chi connectivity index (χ3n) is 3.86. The van der Waals surface area contributed by atoms with Crippen LogP contribution >= 0.6 is 35.3 Å². The SMILES string of the molecule is O=C(CCN1C/C(=C\c2cccs2)SC1=S)NCCc1ccccc1. The highest BCUT2D eigenvalue weighted by atomic mass is 32.2. The molecule has 3 rings (SSSR count). The number of benzene rings is 1. The lowest BCUT2D eigenvalue weighted by atomic mass is 10.1. The first-order chi connectivity index (χ1) is 12.2. The predicted octanol–water partition coefficient (Wildman–Crippen LogP) is 4.17. The molecule has 1 saturated heterocycles. The quantitative estimate of drug-likeness (QED) is 0.722. The number of amides is 1. The average molecular weight is 389 g/mol. The fraction of sp³-hybridized carbons (Fsp3) is 0.263. The molecule has 25 heavy (non-hydrogen) atoms. The minimum atomic E-state index is 0.0828. The van der Waals surface area contributed by atoms with E-state index in [4.69, 9.17) is 12.2 Å². The van der Waals surface area contributed by atoms with Gasteiger partial charge < -0.3 is 10.2 Å². The molecule has 130 valence electrons. The topological polar surface area (TPSA) is 32.3 Å². The maximum Gasteiger partial charge on any atom is 0.221 e. The van der Waals surface area contributed by atoms with Crippen LogP contribution in [-0.2, 0) is 11.2 Å². The molecule has 1 aliphatic heterocycles. The predicted molar refractivity (Wildman–Crippen MR) is 112 cm³/mol. The van der Waals surface area contributed by atoms with Crippen molar-refractivity contribution in [1.29, 1.82) is 0 Å². The van der Waals surface area contributed by atoms with Crippen LogP contribution in [0.4, 0.5) is 0 Å². The number of nitrogens with zero attached hydrogens (tertiary/aromatic N) is 1. The van der Waals surface area contributed by atoms with Gasteiger partial charge in [-0.25, -0.2) is 0 Å². The summed E-state index contributed by atoms with van der Waals surface area (Å²) in [7, 11) is 0. The summed E-state index contributed by atoms with van der Waals surface area (Å²) in [6.45, 7) is 2.15. The smallest absolute Gasteiger partial charge is 0.221 e. The van der Waals surface area contributed by atoms with Crippen molar-refractivity contribution in [2.24, 2.45) is 0 Å². The second kappa shape index (κ2) is 9.17. The molecule has 0 spiro atoms. The summed E-state index contributed by atoms with van der Waals surface area (Å²) in [5, 5.41) is 5.06. The molecule has 1 aliphatic rings. The first-order valence-corrected chi connectivity index (χ1v) is 10.3. The Bertz CT molecular complexity index is 741. The first kappa shape index (κ1) is 18.2. The van der Waals surface area contributed by atoms with Gasteiger partial charge in [-0.3, -0.25) is 4.79 Å². The Morgan fingerprint density at radius 2 is 2.08 bits per heavy atom. The maximum atomic E-state index is 12.0. The van der Waals surface area contributed by atoms with Crippen LogP contribution < -0.4 is 5.32 Å². The highest BCUT2D eigenvalue weighted by Crippen LogP contribution is 2.31. The standard InChI is InChI=1S/C19H20N2OS3/c22-18(20-10-8-15-5-2-1-3-6-15)9-11-21-14-17(25-19(21)23)13-16-7-4-12-24-16/h1-7,12-13H,8-11,14H2,(H,20,22)/b17-13+. The summed E-state index contributed by atoms with van der Waals surface area (Å²) in [6, 6.07) is 14.3. The number of hydrogen-bond acceptors (Lipinski definition) is 4. The first-order valence-electron chi connectivity index (χ1n) is 8.22. The van der Waals surface area contributed by atoms with Crippen LogP contribution in [0.1, 0.15) is 16.9 Å². The number of carbonyl (C=O) groups is 1. The van der Waals surface area contributed by atoms with Gasteiger partial charge in [0.05, 0.1) is 6.54 Å². The van der Waals surface area contributed by atoms with Crippen LogP contribution in [0.5, 0.6) is 0 Å². The van der Waals surface area contributed by atoms with Gasteiger partial charge in [-0.1, -0.05) is 60.4 Å². The summed E-state index contributed by atoms with van der Waals surface area (Å²) < 4.78 is 0.861. The zero-order valence-electron chi connectivity index (χ0n) is 13.8.